The SMILES string of the molecule is CC[C@H](N[S+]([O-])C(C)(C)C)c1conc1C. The van der Waals surface area contributed by atoms with Gasteiger partial charge in [-0.25, -0.2) is 0 Å². The lowest BCUT2D eigenvalue weighted by Gasteiger charge is -2.27. The second kappa shape index (κ2) is 5.21. The molecule has 0 fully saturated rings. The molecule has 0 aromatic carbocycles. The zero-order valence-corrected chi connectivity index (χ0v) is 11.4. The molecule has 1 unspecified atom stereocenters. The third kappa shape index (κ3) is 3.23. The fourth-order valence-electron chi connectivity index (χ4n) is 1.31. The van der Waals surface area contributed by atoms with Gasteiger partial charge < -0.3 is 9.08 Å². The van der Waals surface area contributed by atoms with Crippen LogP contribution in [0.5, 0.6) is 0 Å². The van der Waals surface area contributed by atoms with Crippen molar-refractivity contribution >= 4 is 11.4 Å². The summed E-state index contributed by atoms with van der Waals surface area (Å²) < 4.78 is 19.8. The molecule has 4 nitrogen and oxygen atoms in total. The van der Waals surface area contributed by atoms with Gasteiger partial charge in [-0.2, -0.15) is 0 Å². The van der Waals surface area contributed by atoms with Crippen LogP contribution in [-0.4, -0.2) is 14.5 Å². The molecule has 1 aromatic rings. The van der Waals surface area contributed by atoms with Crippen LogP contribution in [0.15, 0.2) is 10.8 Å². The fourth-order valence-corrected chi connectivity index (χ4v) is 2.21. The number of rotatable bonds is 4. The molecule has 0 radical (unpaired) electrons. The highest BCUT2D eigenvalue weighted by molar-refractivity contribution is 7.90. The van der Waals surface area contributed by atoms with Crippen LogP contribution in [0, 0.1) is 6.92 Å². The van der Waals surface area contributed by atoms with Gasteiger partial charge in [-0.15, -0.1) is 4.72 Å². The van der Waals surface area contributed by atoms with Crippen LogP contribution in [0.2, 0.25) is 0 Å². The number of aryl methyl sites for hydroxylation is 1. The average Bonchev–Trinajstić information content (AvgIpc) is 2.59. The van der Waals surface area contributed by atoms with E-state index in [0.29, 0.717) is 0 Å². The Morgan fingerprint density at radius 2 is 2.19 bits per heavy atom. The van der Waals surface area contributed by atoms with Crippen LogP contribution in [0.1, 0.15) is 51.4 Å². The van der Waals surface area contributed by atoms with Gasteiger partial charge >= 0.3 is 0 Å². The van der Waals surface area contributed by atoms with Gasteiger partial charge in [0.05, 0.1) is 11.7 Å². The zero-order chi connectivity index (χ0) is 12.3. The molecule has 5 heteroatoms. The minimum atomic E-state index is -1.08. The van der Waals surface area contributed by atoms with Gasteiger partial charge in [0.2, 0.25) is 0 Å². The van der Waals surface area contributed by atoms with Crippen LogP contribution in [0.4, 0.5) is 0 Å². The summed E-state index contributed by atoms with van der Waals surface area (Å²) in [6, 6.07) is 0.0336. The van der Waals surface area contributed by atoms with Crippen LogP contribution in [0.3, 0.4) is 0 Å². The van der Waals surface area contributed by atoms with Crippen molar-refractivity contribution in [3.05, 3.63) is 17.5 Å². The summed E-state index contributed by atoms with van der Waals surface area (Å²) in [6.45, 7) is 9.78. The molecule has 1 heterocycles. The number of nitrogens with one attached hydrogen (secondary N) is 1. The summed E-state index contributed by atoms with van der Waals surface area (Å²) >= 11 is -1.08. The molecule has 16 heavy (non-hydrogen) atoms. The molecule has 0 saturated heterocycles. The Labute approximate surface area is 100 Å². The molecule has 0 aliphatic heterocycles. The Balaban J connectivity index is 2.74. The largest absolute Gasteiger partial charge is 0.598 e. The molecule has 0 aliphatic carbocycles. The van der Waals surface area contributed by atoms with Crippen molar-refractivity contribution in [2.24, 2.45) is 0 Å². The first kappa shape index (κ1) is 13.5. The average molecular weight is 244 g/mol. The number of nitrogens with zero attached hydrogens (tertiary/aromatic N) is 1. The Kier molecular flexibility index (Phi) is 4.41. The lowest BCUT2D eigenvalue weighted by atomic mass is 10.1. The van der Waals surface area contributed by atoms with Gasteiger partial charge in [0, 0.05) is 16.9 Å². The third-order valence-electron chi connectivity index (χ3n) is 2.38. The Morgan fingerprint density at radius 3 is 2.56 bits per heavy atom. The summed E-state index contributed by atoms with van der Waals surface area (Å²) in [5.74, 6) is 0. The van der Waals surface area contributed by atoms with E-state index in [1.54, 1.807) is 6.26 Å². The smallest absolute Gasteiger partial charge is 0.136 e. The van der Waals surface area contributed by atoms with E-state index in [9.17, 15) is 4.55 Å². The summed E-state index contributed by atoms with van der Waals surface area (Å²) in [5, 5.41) is 3.84. The molecule has 92 valence electrons. The van der Waals surface area contributed by atoms with Crippen LogP contribution in [-0.2, 0) is 11.4 Å². The lowest BCUT2D eigenvalue weighted by molar-refractivity contribution is 0.413. The molecule has 1 rings (SSSR count). The van der Waals surface area contributed by atoms with Crippen molar-refractivity contribution in [2.75, 3.05) is 0 Å². The third-order valence-corrected chi connectivity index (χ3v) is 3.99. The van der Waals surface area contributed by atoms with Crippen molar-refractivity contribution in [1.29, 1.82) is 0 Å². The molecule has 0 saturated carbocycles. The number of hydrogen-bond donors (Lipinski definition) is 1. The van der Waals surface area contributed by atoms with Gasteiger partial charge in [-0.1, -0.05) is 12.1 Å². The summed E-state index contributed by atoms with van der Waals surface area (Å²) in [7, 11) is 0. The molecule has 0 bridgehead atoms. The second-order valence-corrected chi connectivity index (χ2v) is 6.81. The Morgan fingerprint density at radius 1 is 1.56 bits per heavy atom. The molecule has 1 N–H and O–H groups in total. The molecule has 0 spiro atoms. The predicted octanol–water partition coefficient (Wildman–Crippen LogP) is 2.49. The van der Waals surface area contributed by atoms with Crippen molar-refractivity contribution in [2.45, 2.75) is 51.8 Å². The predicted molar refractivity (Wildman–Crippen MR) is 65.3 cm³/mol. The molecule has 2 atom stereocenters. The van der Waals surface area contributed by atoms with E-state index >= 15 is 0 Å². The Hall–Kier alpha value is -0.520. The summed E-state index contributed by atoms with van der Waals surface area (Å²) in [4.78, 5) is 0. The van der Waals surface area contributed by atoms with E-state index in [1.807, 2.05) is 34.6 Å². The normalized spacial score (nSPS) is 16.1. The van der Waals surface area contributed by atoms with E-state index in [4.69, 9.17) is 4.52 Å². The van der Waals surface area contributed by atoms with Gasteiger partial charge in [-0.05, 0) is 34.1 Å². The highest BCUT2D eigenvalue weighted by Gasteiger charge is 2.30. The summed E-state index contributed by atoms with van der Waals surface area (Å²) in [5.41, 5.74) is 1.84. The fraction of sp³-hybridized carbons (Fsp3) is 0.727. The maximum absolute atomic E-state index is 12.0. The standard InChI is InChI=1S/C11H20N2O2S/c1-6-10(9-7-15-12-8(9)2)13-16(14)11(3,4)5/h7,10,13H,6H2,1-5H3/t10-,16?/m0/s1. The Bertz CT molecular complexity index is 333. The number of hydrogen-bond acceptors (Lipinski definition) is 4. The maximum atomic E-state index is 12.0. The van der Waals surface area contributed by atoms with E-state index < -0.39 is 11.4 Å². The van der Waals surface area contributed by atoms with Crippen LogP contribution in [0.25, 0.3) is 0 Å². The van der Waals surface area contributed by atoms with E-state index in [0.717, 1.165) is 17.7 Å². The minimum Gasteiger partial charge on any atom is -0.598 e. The first-order valence-corrected chi connectivity index (χ1v) is 6.60. The highest BCUT2D eigenvalue weighted by atomic mass is 32.2. The van der Waals surface area contributed by atoms with Gasteiger partial charge in [0.25, 0.3) is 0 Å². The first-order valence-electron chi connectivity index (χ1n) is 5.45. The lowest BCUT2D eigenvalue weighted by Crippen LogP contribution is -2.41. The van der Waals surface area contributed by atoms with Crippen molar-refractivity contribution in [3.8, 4) is 0 Å². The molecular formula is C11H20N2O2S. The highest BCUT2D eigenvalue weighted by Crippen LogP contribution is 2.23. The minimum absolute atomic E-state index is 0.0336. The van der Waals surface area contributed by atoms with Gasteiger partial charge in [-0.3, -0.25) is 0 Å². The topological polar surface area (TPSA) is 61.1 Å². The molecule has 1 aromatic heterocycles. The zero-order valence-electron chi connectivity index (χ0n) is 10.5. The first-order chi connectivity index (χ1) is 7.36. The molecule has 0 aliphatic rings. The molecule has 0 amide bonds. The molecular weight excluding hydrogens is 224 g/mol. The second-order valence-electron chi connectivity index (χ2n) is 4.82. The van der Waals surface area contributed by atoms with Crippen molar-refractivity contribution in [3.63, 3.8) is 0 Å². The maximum Gasteiger partial charge on any atom is 0.136 e. The van der Waals surface area contributed by atoms with Crippen molar-refractivity contribution in [1.82, 2.24) is 9.88 Å². The van der Waals surface area contributed by atoms with Gasteiger partial charge in [0.1, 0.15) is 11.0 Å². The van der Waals surface area contributed by atoms with E-state index in [1.165, 1.54) is 0 Å². The summed E-state index contributed by atoms with van der Waals surface area (Å²) in [6.07, 6.45) is 2.47. The van der Waals surface area contributed by atoms with Crippen LogP contribution < -0.4 is 4.72 Å². The van der Waals surface area contributed by atoms with E-state index in [2.05, 4.69) is 9.88 Å². The van der Waals surface area contributed by atoms with Gasteiger partial charge in [0.15, 0.2) is 0 Å². The van der Waals surface area contributed by atoms with Crippen LogP contribution >= 0.6 is 0 Å². The monoisotopic (exact) mass is 244 g/mol. The number of aromatic nitrogens is 1. The quantitative estimate of drug-likeness (QED) is 0.827. The van der Waals surface area contributed by atoms with E-state index in [-0.39, 0.29) is 10.8 Å². The van der Waals surface area contributed by atoms with Crippen molar-refractivity contribution < 1.29 is 9.08 Å².